The molecule has 2 aromatic carbocycles. The molecular formula is C25H30F3N5O6. The van der Waals surface area contributed by atoms with Crippen molar-refractivity contribution in [2.45, 2.75) is 50.7 Å². The summed E-state index contributed by atoms with van der Waals surface area (Å²) in [7, 11) is 0. The topological polar surface area (TPSA) is 172 Å². The van der Waals surface area contributed by atoms with Crippen LogP contribution in [0.25, 0.3) is 0 Å². The summed E-state index contributed by atoms with van der Waals surface area (Å²) >= 11 is 0. The van der Waals surface area contributed by atoms with Gasteiger partial charge in [-0.2, -0.15) is 13.2 Å². The van der Waals surface area contributed by atoms with Crippen molar-refractivity contribution in [3.05, 3.63) is 65.7 Å². The number of hydrogen-bond donors (Lipinski definition) is 6. The van der Waals surface area contributed by atoms with Crippen LogP contribution in [0.3, 0.4) is 0 Å². The summed E-state index contributed by atoms with van der Waals surface area (Å²) < 4.78 is 44.6. The number of nitrogens with one attached hydrogen (secondary N) is 4. The molecule has 2 atom stereocenters. The van der Waals surface area contributed by atoms with Crippen LogP contribution in [0.2, 0.25) is 0 Å². The summed E-state index contributed by atoms with van der Waals surface area (Å²) in [5.74, 6) is -2.01. The number of halogens is 3. The second-order valence-electron chi connectivity index (χ2n) is 8.42. The smallest absolute Gasteiger partial charge is 0.408 e. The van der Waals surface area contributed by atoms with Crippen molar-refractivity contribution in [2.24, 2.45) is 5.73 Å². The van der Waals surface area contributed by atoms with E-state index in [4.69, 9.17) is 15.6 Å². The minimum Gasteiger partial charge on any atom is -0.445 e. The third kappa shape index (κ3) is 12.2. The van der Waals surface area contributed by atoms with E-state index in [0.29, 0.717) is 16.8 Å². The molecule has 2 aromatic rings. The summed E-state index contributed by atoms with van der Waals surface area (Å²) in [5, 5.41) is 18.2. The van der Waals surface area contributed by atoms with E-state index >= 15 is 0 Å². The van der Waals surface area contributed by atoms with E-state index in [1.165, 1.54) is 12.1 Å². The second kappa shape index (κ2) is 15.2. The van der Waals surface area contributed by atoms with Crippen LogP contribution in [0.1, 0.15) is 30.4 Å². The lowest BCUT2D eigenvalue weighted by atomic mass is 10.1. The highest BCUT2D eigenvalue weighted by Gasteiger charge is 2.37. The van der Waals surface area contributed by atoms with Gasteiger partial charge in [-0.1, -0.05) is 42.5 Å². The molecule has 7 N–H and O–H groups in total. The average molecular weight is 554 g/mol. The number of carbonyl (C=O) groups excluding carboxylic acids is 4. The molecule has 0 fully saturated rings. The number of ether oxygens (including phenoxy) is 1. The predicted octanol–water partition coefficient (Wildman–Crippen LogP) is 2.30. The fraction of sp³-hybridized carbons (Fsp3) is 0.360. The van der Waals surface area contributed by atoms with Gasteiger partial charge in [0.2, 0.25) is 11.8 Å². The zero-order chi connectivity index (χ0) is 28.8. The van der Waals surface area contributed by atoms with E-state index in [1.807, 2.05) is 5.32 Å². The van der Waals surface area contributed by atoms with Crippen LogP contribution in [0.5, 0.6) is 0 Å². The number of rotatable bonds is 13. The molecule has 0 saturated heterocycles. The highest BCUT2D eigenvalue weighted by atomic mass is 19.4. The van der Waals surface area contributed by atoms with Gasteiger partial charge < -0.3 is 36.8 Å². The number of aliphatic hydroxyl groups excluding tert-OH is 1. The predicted molar refractivity (Wildman–Crippen MR) is 134 cm³/mol. The molecule has 2 rings (SSSR count). The van der Waals surface area contributed by atoms with Gasteiger partial charge in [0.1, 0.15) is 18.7 Å². The Labute approximate surface area is 222 Å². The van der Waals surface area contributed by atoms with Crippen LogP contribution in [-0.2, 0) is 27.5 Å². The van der Waals surface area contributed by atoms with Crippen LogP contribution in [0.4, 0.5) is 28.4 Å². The largest absolute Gasteiger partial charge is 0.445 e. The Morgan fingerprint density at radius 2 is 1.56 bits per heavy atom. The molecule has 39 heavy (non-hydrogen) atoms. The maximum absolute atomic E-state index is 13.2. The van der Waals surface area contributed by atoms with E-state index in [1.54, 1.807) is 42.5 Å². The second-order valence-corrected chi connectivity index (χ2v) is 8.42. The van der Waals surface area contributed by atoms with Crippen molar-refractivity contribution in [1.82, 2.24) is 16.0 Å². The first-order valence-corrected chi connectivity index (χ1v) is 11.8. The molecule has 11 nitrogen and oxygen atoms in total. The number of benzene rings is 2. The van der Waals surface area contributed by atoms with E-state index < -0.39 is 48.6 Å². The van der Waals surface area contributed by atoms with Gasteiger partial charge in [0.25, 0.3) is 0 Å². The van der Waals surface area contributed by atoms with Crippen LogP contribution >= 0.6 is 0 Å². The van der Waals surface area contributed by atoms with Crippen molar-refractivity contribution < 1.29 is 42.2 Å². The number of urea groups is 1. The van der Waals surface area contributed by atoms with E-state index in [2.05, 4.69) is 16.0 Å². The number of amides is 5. The van der Waals surface area contributed by atoms with E-state index in [0.717, 1.165) is 0 Å². The quantitative estimate of drug-likeness (QED) is 0.208. The summed E-state index contributed by atoms with van der Waals surface area (Å²) in [6, 6.07) is 10.2. The third-order valence-electron chi connectivity index (χ3n) is 5.26. The van der Waals surface area contributed by atoms with E-state index in [9.17, 15) is 32.3 Å². The first-order chi connectivity index (χ1) is 18.5. The number of anilines is 1. The zero-order valence-electron chi connectivity index (χ0n) is 20.8. The third-order valence-corrected chi connectivity index (χ3v) is 5.26. The van der Waals surface area contributed by atoms with Gasteiger partial charge in [-0.3, -0.25) is 9.59 Å². The summed E-state index contributed by atoms with van der Waals surface area (Å²) in [4.78, 5) is 48.8. The first kappa shape index (κ1) is 30.9. The Balaban J connectivity index is 2.11. The molecule has 0 radical (unpaired) electrons. The molecule has 0 bridgehead atoms. The molecule has 14 heteroatoms. The molecule has 0 heterocycles. The minimum absolute atomic E-state index is 0.0379. The highest BCUT2D eigenvalue weighted by molar-refractivity contribution is 5.98. The first-order valence-electron chi connectivity index (χ1n) is 11.8. The lowest BCUT2D eigenvalue weighted by Gasteiger charge is -2.24. The molecular weight excluding hydrogens is 523 g/mol. The van der Waals surface area contributed by atoms with Crippen LogP contribution in [0.15, 0.2) is 54.6 Å². The van der Waals surface area contributed by atoms with Gasteiger partial charge in [-0.15, -0.1) is 0 Å². The van der Waals surface area contributed by atoms with Crippen LogP contribution < -0.4 is 27.0 Å². The number of alkyl carbamates (subject to hydrolysis) is 1. The Morgan fingerprint density at radius 1 is 0.897 bits per heavy atom. The Bertz CT molecular complexity index is 1100. The fourth-order valence-electron chi connectivity index (χ4n) is 3.33. The van der Waals surface area contributed by atoms with Crippen molar-refractivity contribution >= 4 is 29.6 Å². The fourth-order valence-corrected chi connectivity index (χ4v) is 3.33. The molecule has 0 aliphatic heterocycles. The summed E-state index contributed by atoms with van der Waals surface area (Å²) in [6.07, 6.45) is -7.73. The number of carbonyl (C=O) groups is 4. The molecule has 5 amide bonds. The number of primary amides is 1. The SMILES string of the molecule is NC(=O)NCCC[C@H](NC(=O)[C@H](CC(F)(F)F)NC(=O)OCc1ccccc1)C(=O)Nc1ccc(CO)cc1. The maximum atomic E-state index is 13.2. The van der Waals surface area contributed by atoms with Crippen molar-refractivity contribution in [3.63, 3.8) is 0 Å². The van der Waals surface area contributed by atoms with Crippen molar-refractivity contribution in [2.75, 3.05) is 11.9 Å². The Hall–Kier alpha value is -4.33. The average Bonchev–Trinajstić information content (AvgIpc) is 2.88. The van der Waals surface area contributed by atoms with E-state index in [-0.39, 0.29) is 32.6 Å². The van der Waals surface area contributed by atoms with Crippen molar-refractivity contribution in [3.8, 4) is 0 Å². The van der Waals surface area contributed by atoms with Gasteiger partial charge >= 0.3 is 18.3 Å². The Kier molecular flexibility index (Phi) is 12.0. The number of hydrogen-bond acceptors (Lipinski definition) is 6. The van der Waals surface area contributed by atoms with Gasteiger partial charge in [-0.05, 0) is 36.1 Å². The molecule has 212 valence electrons. The Morgan fingerprint density at radius 3 is 2.15 bits per heavy atom. The van der Waals surface area contributed by atoms with Gasteiger partial charge in [0.05, 0.1) is 13.0 Å². The molecule has 0 saturated carbocycles. The standard InChI is InChI=1S/C25H30F3N5O6/c26-25(27,28)13-20(33-24(38)39-15-17-5-2-1-3-6-17)22(36)32-19(7-4-12-30-23(29)37)21(35)31-18-10-8-16(14-34)9-11-18/h1-3,5-6,8-11,19-20,34H,4,7,12-15H2,(H,31,35)(H,32,36)(H,33,38)(H3,29,30,37)/t19-,20-/m0/s1. The highest BCUT2D eigenvalue weighted by Crippen LogP contribution is 2.22. The lowest BCUT2D eigenvalue weighted by molar-refractivity contribution is -0.149. The monoisotopic (exact) mass is 553 g/mol. The van der Waals surface area contributed by atoms with Gasteiger partial charge in [-0.25, -0.2) is 9.59 Å². The van der Waals surface area contributed by atoms with Crippen LogP contribution in [0, 0.1) is 0 Å². The number of nitrogens with two attached hydrogens (primary N) is 1. The minimum atomic E-state index is -4.83. The van der Waals surface area contributed by atoms with Crippen molar-refractivity contribution in [1.29, 1.82) is 0 Å². The molecule has 0 unspecified atom stereocenters. The number of aliphatic hydroxyl groups is 1. The van der Waals surface area contributed by atoms with Gasteiger partial charge in [0, 0.05) is 12.2 Å². The summed E-state index contributed by atoms with van der Waals surface area (Å²) in [5.41, 5.74) is 6.47. The molecule has 0 aromatic heterocycles. The maximum Gasteiger partial charge on any atom is 0.408 e. The molecule has 0 aliphatic carbocycles. The lowest BCUT2D eigenvalue weighted by Crippen LogP contribution is -2.54. The number of alkyl halides is 3. The van der Waals surface area contributed by atoms with Crippen LogP contribution in [-0.4, -0.2) is 53.8 Å². The zero-order valence-corrected chi connectivity index (χ0v) is 20.8. The summed E-state index contributed by atoms with van der Waals surface area (Å²) in [6.45, 7) is -0.419. The van der Waals surface area contributed by atoms with Gasteiger partial charge in [0.15, 0.2) is 0 Å². The molecule has 0 spiro atoms. The normalized spacial score (nSPS) is 12.5. The molecule has 0 aliphatic rings.